The minimum absolute atomic E-state index is 0.140. The Morgan fingerprint density at radius 2 is 2.15 bits per heavy atom. The van der Waals surface area contributed by atoms with Crippen LogP contribution in [0.25, 0.3) is 0 Å². The lowest BCUT2D eigenvalue weighted by Gasteiger charge is -2.38. The van der Waals surface area contributed by atoms with Crippen molar-refractivity contribution in [2.24, 2.45) is 0 Å². The van der Waals surface area contributed by atoms with Gasteiger partial charge in [-0.15, -0.1) is 0 Å². The van der Waals surface area contributed by atoms with E-state index in [1.165, 1.54) is 11.0 Å². The second-order valence-electron chi connectivity index (χ2n) is 6.56. The van der Waals surface area contributed by atoms with Gasteiger partial charge in [0, 0.05) is 38.6 Å². The highest BCUT2D eigenvalue weighted by Gasteiger charge is 2.41. The molecular weight excluding hydrogens is 342 g/mol. The van der Waals surface area contributed by atoms with Crippen molar-refractivity contribution in [2.75, 3.05) is 19.6 Å². The lowest BCUT2D eigenvalue weighted by Crippen LogP contribution is -2.57. The first-order valence-electron chi connectivity index (χ1n) is 8.62. The van der Waals surface area contributed by atoms with Crippen LogP contribution in [0.2, 0.25) is 0 Å². The second kappa shape index (κ2) is 7.92. The molecule has 1 aromatic heterocycles. The van der Waals surface area contributed by atoms with Crippen molar-refractivity contribution < 1.29 is 18.7 Å². The van der Waals surface area contributed by atoms with Crippen LogP contribution in [0.5, 0.6) is 0 Å². The molecule has 1 aliphatic heterocycles. The molecule has 1 unspecified atom stereocenters. The smallest absolute Gasteiger partial charge is 0.256 e. The zero-order chi connectivity index (χ0) is 18.6. The van der Waals surface area contributed by atoms with Crippen LogP contribution in [0.15, 0.2) is 36.7 Å². The fraction of sp³-hybridized carbons (Fsp3) is 0.444. The van der Waals surface area contributed by atoms with Crippen molar-refractivity contribution in [2.45, 2.75) is 31.5 Å². The van der Waals surface area contributed by atoms with Crippen molar-refractivity contribution in [1.82, 2.24) is 20.0 Å². The minimum atomic E-state index is -1.49. The fourth-order valence-electron chi connectivity index (χ4n) is 3.16. The number of carbonyl (C=O) groups excluding carboxylic acids is 1. The monoisotopic (exact) mass is 364 g/mol. The second-order valence-corrected chi connectivity index (χ2v) is 6.56. The average Bonchev–Trinajstić information content (AvgIpc) is 3.13. The maximum Gasteiger partial charge on any atom is 0.256 e. The fourth-order valence-corrected chi connectivity index (χ4v) is 3.16. The lowest BCUT2D eigenvalue weighted by molar-refractivity contribution is -0.157. The van der Waals surface area contributed by atoms with Gasteiger partial charge in [0.2, 0.25) is 0 Å². The number of aliphatic hydroxyl groups is 1. The first-order valence-corrected chi connectivity index (χ1v) is 8.62. The Bertz CT molecular complexity index is 754. The third kappa shape index (κ3) is 4.25. The number of amides is 1. The van der Waals surface area contributed by atoms with E-state index in [0.717, 1.165) is 12.1 Å². The summed E-state index contributed by atoms with van der Waals surface area (Å²) in [6.07, 6.45) is 4.54. The van der Waals surface area contributed by atoms with E-state index in [1.807, 2.05) is 12.3 Å². The molecule has 1 saturated heterocycles. The van der Waals surface area contributed by atoms with Crippen LogP contribution in [-0.2, 0) is 17.9 Å². The molecule has 0 radical (unpaired) electrons. The number of hydrogen-bond acceptors (Lipinski definition) is 4. The van der Waals surface area contributed by atoms with Gasteiger partial charge in [0.25, 0.3) is 5.91 Å². The number of aromatic nitrogens is 2. The maximum atomic E-state index is 13.4. The van der Waals surface area contributed by atoms with Crippen LogP contribution in [0.1, 0.15) is 18.4 Å². The largest absolute Gasteiger partial charge is 0.379 e. The van der Waals surface area contributed by atoms with E-state index in [1.54, 1.807) is 10.9 Å². The summed E-state index contributed by atoms with van der Waals surface area (Å²) in [5, 5.41) is 17.9. The van der Waals surface area contributed by atoms with Gasteiger partial charge in [0.1, 0.15) is 0 Å². The molecule has 6 nitrogen and oxygen atoms in total. The maximum absolute atomic E-state index is 13.4. The molecule has 1 aromatic carbocycles. The van der Waals surface area contributed by atoms with Gasteiger partial charge in [-0.3, -0.25) is 9.48 Å². The van der Waals surface area contributed by atoms with Gasteiger partial charge in [-0.2, -0.15) is 5.10 Å². The molecule has 2 N–H and O–H groups in total. The van der Waals surface area contributed by atoms with Gasteiger partial charge in [-0.1, -0.05) is 6.07 Å². The minimum Gasteiger partial charge on any atom is -0.379 e. The molecule has 26 heavy (non-hydrogen) atoms. The van der Waals surface area contributed by atoms with Gasteiger partial charge >= 0.3 is 0 Å². The molecule has 0 aliphatic carbocycles. The first kappa shape index (κ1) is 18.5. The summed E-state index contributed by atoms with van der Waals surface area (Å²) < 4.78 is 28.2. The van der Waals surface area contributed by atoms with Crippen molar-refractivity contribution in [3.05, 3.63) is 53.9 Å². The molecule has 3 rings (SSSR count). The number of piperidine rings is 1. The Morgan fingerprint density at radius 1 is 1.31 bits per heavy atom. The predicted octanol–water partition coefficient (Wildman–Crippen LogP) is 1.30. The summed E-state index contributed by atoms with van der Waals surface area (Å²) in [5.41, 5.74) is -0.992. The molecule has 1 aliphatic rings. The Morgan fingerprint density at radius 3 is 2.88 bits per heavy atom. The number of carbonyl (C=O) groups is 1. The van der Waals surface area contributed by atoms with E-state index >= 15 is 0 Å². The molecule has 0 saturated carbocycles. The topological polar surface area (TPSA) is 70.4 Å². The molecular formula is C18H22F2N4O2. The molecule has 1 amide bonds. The Labute approximate surface area is 150 Å². The highest BCUT2D eigenvalue weighted by Crippen LogP contribution is 2.24. The van der Waals surface area contributed by atoms with E-state index in [2.05, 4.69) is 10.4 Å². The van der Waals surface area contributed by atoms with Crippen molar-refractivity contribution in [3.8, 4) is 0 Å². The number of hydrogen-bond donors (Lipinski definition) is 2. The third-order valence-corrected chi connectivity index (χ3v) is 4.56. The quantitative estimate of drug-likeness (QED) is 0.727. The number of nitrogens with one attached hydrogen (secondary N) is 1. The summed E-state index contributed by atoms with van der Waals surface area (Å²) in [6.45, 7) is 1.97. The number of rotatable bonds is 7. The van der Waals surface area contributed by atoms with Crippen molar-refractivity contribution in [3.63, 3.8) is 0 Å². The summed E-state index contributed by atoms with van der Waals surface area (Å²) in [5.74, 6) is -2.25. The molecule has 0 spiro atoms. The predicted molar refractivity (Wildman–Crippen MR) is 91.1 cm³/mol. The van der Waals surface area contributed by atoms with E-state index in [9.17, 15) is 18.7 Å². The SMILES string of the molecule is O=C1N(Cc2ccc(F)c(F)c2)CCCC1(O)CNCCn1cccn1. The number of halogens is 2. The summed E-state index contributed by atoms with van der Waals surface area (Å²) in [7, 11) is 0. The van der Waals surface area contributed by atoms with Gasteiger partial charge in [0.15, 0.2) is 17.2 Å². The molecule has 2 aromatic rings. The molecule has 0 bridgehead atoms. The van der Waals surface area contributed by atoms with Crippen LogP contribution in [0, 0.1) is 11.6 Å². The Hall–Kier alpha value is -2.32. The van der Waals surface area contributed by atoms with Crippen LogP contribution in [0.3, 0.4) is 0 Å². The lowest BCUT2D eigenvalue weighted by atomic mass is 9.91. The zero-order valence-corrected chi connectivity index (χ0v) is 14.4. The Balaban J connectivity index is 1.56. The zero-order valence-electron chi connectivity index (χ0n) is 14.4. The highest BCUT2D eigenvalue weighted by molar-refractivity contribution is 5.86. The van der Waals surface area contributed by atoms with Crippen LogP contribution in [-0.4, -0.2) is 50.9 Å². The first-order chi connectivity index (χ1) is 12.5. The molecule has 1 fully saturated rings. The molecule has 140 valence electrons. The summed E-state index contributed by atoms with van der Waals surface area (Å²) in [6, 6.07) is 5.40. The molecule has 2 heterocycles. The van der Waals surface area contributed by atoms with Gasteiger partial charge in [-0.05, 0) is 36.6 Å². The van der Waals surface area contributed by atoms with Gasteiger partial charge < -0.3 is 15.3 Å². The molecule has 8 heteroatoms. The van der Waals surface area contributed by atoms with Gasteiger partial charge in [0.05, 0.1) is 6.54 Å². The highest BCUT2D eigenvalue weighted by atomic mass is 19.2. The van der Waals surface area contributed by atoms with E-state index in [4.69, 9.17) is 0 Å². The van der Waals surface area contributed by atoms with Crippen molar-refractivity contribution >= 4 is 5.91 Å². The van der Waals surface area contributed by atoms with Crippen LogP contribution < -0.4 is 5.32 Å². The van der Waals surface area contributed by atoms with Crippen LogP contribution in [0.4, 0.5) is 8.78 Å². The number of likely N-dealkylation sites (tertiary alicyclic amines) is 1. The Kier molecular flexibility index (Phi) is 5.63. The van der Waals surface area contributed by atoms with Gasteiger partial charge in [-0.25, -0.2) is 8.78 Å². The van der Waals surface area contributed by atoms with Crippen LogP contribution >= 0.6 is 0 Å². The molecule has 1 atom stereocenters. The number of nitrogens with zero attached hydrogens (tertiary/aromatic N) is 3. The average molecular weight is 364 g/mol. The van der Waals surface area contributed by atoms with E-state index < -0.39 is 17.2 Å². The van der Waals surface area contributed by atoms with E-state index in [-0.39, 0.29) is 19.0 Å². The standard InChI is InChI=1S/C18H22F2N4O2/c19-15-4-3-14(11-16(15)20)12-23-8-1-5-18(26,17(23)25)13-21-7-10-24-9-2-6-22-24/h2-4,6,9,11,21,26H,1,5,7-8,10,12-13H2. The third-order valence-electron chi connectivity index (χ3n) is 4.56. The van der Waals surface area contributed by atoms with E-state index in [0.29, 0.717) is 38.0 Å². The summed E-state index contributed by atoms with van der Waals surface area (Å²) >= 11 is 0. The number of benzene rings is 1. The summed E-state index contributed by atoms with van der Waals surface area (Å²) in [4.78, 5) is 14.2. The van der Waals surface area contributed by atoms with Crippen molar-refractivity contribution in [1.29, 1.82) is 0 Å². The normalized spacial score (nSPS) is 20.6.